The molecular weight excluding hydrogens is 1590 g/mol. The van der Waals surface area contributed by atoms with Crippen molar-refractivity contribution in [3.05, 3.63) is 286 Å². The van der Waals surface area contributed by atoms with Crippen LogP contribution >= 0.6 is 81.2 Å². The van der Waals surface area contributed by atoms with Gasteiger partial charge in [0.25, 0.3) is 0 Å². The number of hydrogen-bond donors (Lipinski definition) is 2. The number of ether oxygens (including phenoxy) is 4. The van der Waals surface area contributed by atoms with E-state index in [4.69, 9.17) is 105 Å². The van der Waals surface area contributed by atoms with Crippen LogP contribution in [0.1, 0.15) is 81.8 Å². The molecule has 105 heavy (non-hydrogen) atoms. The van der Waals surface area contributed by atoms with E-state index in [1.54, 1.807) is 29.8 Å². The van der Waals surface area contributed by atoms with Crippen LogP contribution in [0.2, 0.25) is 35.7 Å². The first-order valence-corrected chi connectivity index (χ1v) is 33.6. The normalized spacial score (nSPS) is 12.7. The smallest absolute Gasteiger partial charge is 1.00 e. The van der Waals surface area contributed by atoms with Crippen LogP contribution in [-0.2, 0) is 18.9 Å². The number of carbonyl (C=O) groups is 5. The summed E-state index contributed by atoms with van der Waals surface area (Å²) in [5, 5.41) is 17.6. The van der Waals surface area contributed by atoms with E-state index < -0.39 is 17.8 Å². The number of carboxylic acid groups (broad SMARTS) is 1. The van der Waals surface area contributed by atoms with Crippen molar-refractivity contribution in [3.63, 3.8) is 0 Å². The van der Waals surface area contributed by atoms with Gasteiger partial charge in [-0.3, -0.25) is 14.4 Å². The van der Waals surface area contributed by atoms with E-state index >= 15 is 0 Å². The molecule has 0 unspecified atom stereocenters. The van der Waals surface area contributed by atoms with E-state index in [9.17, 15) is 41.5 Å². The first kappa shape index (κ1) is 87.9. The number of halogens is 12. The van der Waals surface area contributed by atoms with Gasteiger partial charge in [0.1, 0.15) is 55.1 Å². The second-order valence-electron chi connectivity index (χ2n) is 21.3. The Balaban J connectivity index is 0.000000230. The van der Waals surface area contributed by atoms with Crippen molar-refractivity contribution in [1.82, 2.24) is 40.0 Å². The number of ketones is 3. The summed E-state index contributed by atoms with van der Waals surface area (Å²) in [5.74, 6) is -3.36. The molecule has 3 aliphatic heterocycles. The van der Waals surface area contributed by atoms with Gasteiger partial charge in [-0.1, -0.05) is 81.2 Å². The minimum atomic E-state index is -1.14. The van der Waals surface area contributed by atoms with E-state index in [0.29, 0.717) is 71.3 Å². The zero-order chi connectivity index (χ0) is 74.4. The molecule has 0 radical (unpaired) electrons. The molecule has 33 heteroatoms. The number of hydrogen-bond acceptors (Lipinski definition) is 18. The predicted molar refractivity (Wildman–Crippen MR) is 391 cm³/mol. The monoisotopic (exact) mass is 1650 g/mol. The Labute approximate surface area is 663 Å². The Bertz CT molecular complexity index is 4400. The fraction of sp³-hybridized carbons (Fsp3) is 0.208. The standard InChI is InChI=1S/C20H19FN4O2.C16H14ClFN2O2.C12H6Cl2FNO.C8H7Cl2NO2.C6H3Cl2NO2.C6H4F.C4H9NO.BrH.Mg/c1-14-6-7-25(23-14)19-13-17(24-8-10-27-11-9-24)12-18(22-19)20(26)15-2-4-16(21)5-3-15;17-15-10-13(20-5-7-22-8-6-20)9-14(19-15)16(21)11-1-3-12(18)4-2-11;13-8-5-10(16-11(14)6-8)12(17)7-1-3-9(15)4-2-7;1-2-13-8(12)6-3-5(9)4-7(10)11-6;7-3-1-4(6(10)11)9-5(8)2-3;7-6-4-2-1-3-5-6;1-3-6-4-2-5-1;;/h2-7,12-13H,8-11H2,1H3;1-4,9-10H,5-8H2;1-6H;3-4H,2H2,1H3;1-2H,(H,10,11);2-5H;5H,1-4H2;1H;/q;;;;;-1;;;+2/p-1. The fourth-order valence-corrected chi connectivity index (χ4v) is 10.6. The number of morpholine rings is 3. The van der Waals surface area contributed by atoms with Crippen molar-refractivity contribution >= 4 is 145 Å². The van der Waals surface area contributed by atoms with Gasteiger partial charge in [0.05, 0.1) is 51.9 Å². The Morgan fingerprint density at radius 3 is 1.21 bits per heavy atom. The van der Waals surface area contributed by atoms with Gasteiger partial charge in [-0.15, -0.1) is 12.1 Å². The van der Waals surface area contributed by atoms with Crippen LogP contribution in [0.15, 0.2) is 170 Å². The Kier molecular flexibility index (Phi) is 38.2. The van der Waals surface area contributed by atoms with Crippen LogP contribution in [-0.4, -0.2) is 178 Å². The summed E-state index contributed by atoms with van der Waals surface area (Å²) in [6, 6.07) is 41.9. The van der Waals surface area contributed by atoms with Gasteiger partial charge in [-0.05, 0) is 147 Å². The van der Waals surface area contributed by atoms with Crippen LogP contribution in [0.25, 0.3) is 5.82 Å². The molecule has 3 aliphatic rings. The first-order chi connectivity index (χ1) is 49.4. The molecule has 20 nitrogen and oxygen atoms in total. The number of aryl methyl sites for hydroxylation is 1. The van der Waals surface area contributed by atoms with Crippen molar-refractivity contribution in [2.45, 2.75) is 13.8 Å². The van der Waals surface area contributed by atoms with Crippen LogP contribution in [0.3, 0.4) is 0 Å². The molecule has 546 valence electrons. The number of esters is 1. The maximum atomic E-state index is 13.2. The molecule has 4 aromatic carbocycles. The molecule has 3 fully saturated rings. The van der Waals surface area contributed by atoms with Crippen LogP contribution < -0.4 is 32.1 Å². The third kappa shape index (κ3) is 30.2. The van der Waals surface area contributed by atoms with Crippen LogP contribution in [0.5, 0.6) is 0 Å². The summed E-state index contributed by atoms with van der Waals surface area (Å²) in [5.41, 5.74) is 4.35. The second kappa shape index (κ2) is 45.7. The maximum Gasteiger partial charge on any atom is 2.00 e. The van der Waals surface area contributed by atoms with Gasteiger partial charge < -0.3 is 56.2 Å². The zero-order valence-electron chi connectivity index (χ0n) is 55.7. The molecule has 13 rings (SSSR count). The largest absolute Gasteiger partial charge is 2.00 e. The van der Waals surface area contributed by atoms with Gasteiger partial charge >= 0.3 is 35.0 Å². The van der Waals surface area contributed by atoms with E-state index in [1.807, 2.05) is 25.3 Å². The molecule has 0 amide bonds. The number of anilines is 2. The van der Waals surface area contributed by atoms with E-state index in [1.165, 1.54) is 133 Å². The van der Waals surface area contributed by atoms with Gasteiger partial charge in [-0.2, -0.15) is 23.3 Å². The number of benzene rings is 4. The summed E-state index contributed by atoms with van der Waals surface area (Å²) in [7, 11) is 0. The number of aromatic nitrogens is 7. The Morgan fingerprint density at radius 2 is 0.848 bits per heavy atom. The number of nitrogens with one attached hydrogen (secondary N) is 1. The van der Waals surface area contributed by atoms with Gasteiger partial charge in [0.2, 0.25) is 17.3 Å². The summed E-state index contributed by atoms with van der Waals surface area (Å²) >= 11 is 39.7. The maximum absolute atomic E-state index is 13.2. The van der Waals surface area contributed by atoms with Gasteiger partial charge in [-0.25, -0.2) is 56.8 Å². The van der Waals surface area contributed by atoms with Crippen molar-refractivity contribution in [3.8, 4) is 5.82 Å². The summed E-state index contributed by atoms with van der Waals surface area (Å²) in [6.45, 7) is 13.3. The second-order valence-corrected chi connectivity index (χ2v) is 24.2. The van der Waals surface area contributed by atoms with Gasteiger partial charge in [0, 0.05) is 100 Å². The summed E-state index contributed by atoms with van der Waals surface area (Å²) in [6.07, 6.45) is 1.81. The topological polar surface area (TPSA) is 243 Å². The molecule has 0 bridgehead atoms. The number of aromatic carboxylic acids is 1. The first-order valence-electron chi connectivity index (χ1n) is 31.0. The van der Waals surface area contributed by atoms with E-state index in [0.717, 1.165) is 69.6 Å². The van der Waals surface area contributed by atoms with Crippen LogP contribution in [0.4, 0.5) is 28.9 Å². The average molecular weight is 1660 g/mol. The SMILES string of the molecule is C1COCCN1.CCOC(=O)c1cc(Cl)cc(Cl)n1.Cc1ccn(-c2cc(N3CCOCC3)cc(C(=O)c3ccc(F)cc3)n2)n1.Fc1cc[c-]cc1.O=C(O)c1cc(Cl)cc(Cl)n1.O=C(c1ccc(F)cc1)c1cc(Cl)cc(Cl)n1.O=C(c1ccc(F)cc1)c1cc(N2CCOCC2)cc(Cl)n1.[Br-].[Mg+2]. The number of nitrogens with zero attached hydrogens (tertiary/aromatic N) is 9. The minimum Gasteiger partial charge on any atom is -1.00 e. The molecule has 0 atom stereocenters. The third-order valence-corrected chi connectivity index (χ3v) is 15.2. The summed E-state index contributed by atoms with van der Waals surface area (Å²) < 4.78 is 72.9. The molecule has 9 heterocycles. The minimum absolute atomic E-state index is 0. The van der Waals surface area contributed by atoms with E-state index in [2.05, 4.69) is 51.2 Å². The molecule has 10 aromatic rings. The number of rotatable bonds is 12. The quantitative estimate of drug-likeness (QED) is 0.0288. The number of carboxylic acids is 1. The number of carbonyl (C=O) groups excluding carboxylic acids is 4. The molecule has 2 N–H and O–H groups in total. The average Bonchev–Trinajstić information content (AvgIpc) is 1.74. The molecule has 0 spiro atoms. The number of pyridine rings is 5. The van der Waals surface area contributed by atoms with Crippen molar-refractivity contribution in [2.75, 3.05) is 95.3 Å². The molecule has 0 saturated carbocycles. The van der Waals surface area contributed by atoms with Crippen molar-refractivity contribution in [1.29, 1.82) is 0 Å². The molecule has 0 aliphatic carbocycles. The zero-order valence-corrected chi connectivity index (χ0v) is 64.0. The molecule has 3 saturated heterocycles. The van der Waals surface area contributed by atoms with Crippen molar-refractivity contribution in [2.24, 2.45) is 0 Å². The van der Waals surface area contributed by atoms with Crippen LogP contribution in [0, 0.1) is 36.3 Å². The Hall–Kier alpha value is -7.77. The van der Waals surface area contributed by atoms with Crippen molar-refractivity contribution < 1.29 is 82.6 Å². The molecular formula is C72H62BrCl7F4MgN10O10. The van der Waals surface area contributed by atoms with E-state index in [-0.39, 0.29) is 123 Å². The predicted octanol–water partition coefficient (Wildman–Crippen LogP) is 12.0. The molecule has 6 aromatic heterocycles. The fourth-order valence-electron chi connectivity index (χ4n) is 8.95. The Morgan fingerprint density at radius 1 is 0.486 bits per heavy atom. The van der Waals surface area contributed by atoms with Gasteiger partial charge in [0.15, 0.2) is 17.2 Å². The summed E-state index contributed by atoms with van der Waals surface area (Å²) in [4.78, 5) is 82.8. The third-order valence-electron chi connectivity index (χ3n) is 13.8.